The van der Waals surface area contributed by atoms with E-state index in [1.54, 1.807) is 23.7 Å². The zero-order valence-electron chi connectivity index (χ0n) is 16.5. The number of nitrogens with one attached hydrogen (secondary N) is 3. The first-order valence-electron chi connectivity index (χ1n) is 9.85. The average Bonchev–Trinajstić information content (AvgIpc) is 3.34. The summed E-state index contributed by atoms with van der Waals surface area (Å²) in [7, 11) is 0. The summed E-state index contributed by atoms with van der Waals surface area (Å²) in [6.45, 7) is 5.62. The third-order valence-electron chi connectivity index (χ3n) is 5.32. The van der Waals surface area contributed by atoms with Gasteiger partial charge in [0, 0.05) is 34.6 Å². The maximum absolute atomic E-state index is 14.0. The highest BCUT2D eigenvalue weighted by Gasteiger charge is 2.24. The predicted octanol–water partition coefficient (Wildman–Crippen LogP) is 3.91. The highest BCUT2D eigenvalue weighted by molar-refractivity contribution is 5.89. The topological polar surface area (TPSA) is 83.4 Å². The minimum absolute atomic E-state index is 0.0734. The number of anilines is 3. The van der Waals surface area contributed by atoms with Crippen molar-refractivity contribution in [1.29, 1.82) is 0 Å². The lowest BCUT2D eigenvalue weighted by atomic mass is 10.1. The van der Waals surface area contributed by atoms with Crippen LogP contribution >= 0.6 is 0 Å². The summed E-state index contributed by atoms with van der Waals surface area (Å²) < 4.78 is 15.7. The Labute approximate surface area is 172 Å². The van der Waals surface area contributed by atoms with Crippen molar-refractivity contribution in [3.05, 3.63) is 65.3 Å². The monoisotopic (exact) mass is 404 g/mol. The van der Waals surface area contributed by atoms with Gasteiger partial charge < -0.3 is 16.0 Å². The quantitative estimate of drug-likeness (QED) is 0.601. The highest BCUT2D eigenvalue weighted by atomic mass is 19.1. The maximum atomic E-state index is 14.0. The second-order valence-corrected chi connectivity index (χ2v) is 7.69. The second kappa shape index (κ2) is 6.98. The molecule has 3 heterocycles. The van der Waals surface area contributed by atoms with E-state index in [9.17, 15) is 9.18 Å². The van der Waals surface area contributed by atoms with Crippen LogP contribution in [-0.4, -0.2) is 26.5 Å². The Morgan fingerprint density at radius 1 is 1.37 bits per heavy atom. The van der Waals surface area contributed by atoms with Crippen molar-refractivity contribution in [2.24, 2.45) is 0 Å². The van der Waals surface area contributed by atoms with Crippen molar-refractivity contribution in [2.45, 2.75) is 32.2 Å². The number of aromatic nitrogens is 3. The molecule has 8 heteroatoms. The van der Waals surface area contributed by atoms with Crippen molar-refractivity contribution in [1.82, 2.24) is 19.9 Å². The van der Waals surface area contributed by atoms with Gasteiger partial charge in [-0.3, -0.25) is 4.79 Å². The second-order valence-electron chi connectivity index (χ2n) is 7.69. The van der Waals surface area contributed by atoms with Crippen LogP contribution in [-0.2, 0) is 4.79 Å². The Morgan fingerprint density at radius 3 is 2.93 bits per heavy atom. The van der Waals surface area contributed by atoms with Crippen molar-refractivity contribution in [2.75, 3.05) is 10.6 Å². The molecule has 1 aliphatic heterocycles. The molecule has 0 unspecified atom stereocenters. The number of nitrogens with zero attached hydrogens (tertiary/aromatic N) is 3. The first kappa shape index (κ1) is 18.4. The summed E-state index contributed by atoms with van der Waals surface area (Å²) >= 11 is 0. The molecule has 2 aliphatic rings. The van der Waals surface area contributed by atoms with Crippen molar-refractivity contribution in [3.63, 3.8) is 0 Å². The third kappa shape index (κ3) is 3.41. The van der Waals surface area contributed by atoms with Gasteiger partial charge in [0.15, 0.2) is 5.65 Å². The molecule has 152 valence electrons. The molecule has 0 atom stereocenters. The average molecular weight is 404 g/mol. The lowest BCUT2D eigenvalue weighted by Gasteiger charge is -2.13. The van der Waals surface area contributed by atoms with Gasteiger partial charge in [0.2, 0.25) is 5.91 Å². The molecular formula is C22H21FN6O. The highest BCUT2D eigenvalue weighted by Crippen LogP contribution is 2.30. The number of hydrogen-bond donors (Lipinski definition) is 3. The molecule has 1 aliphatic carbocycles. The first-order valence-corrected chi connectivity index (χ1v) is 9.85. The Hall–Kier alpha value is -3.68. The van der Waals surface area contributed by atoms with Crippen molar-refractivity contribution >= 4 is 35.0 Å². The van der Waals surface area contributed by atoms with E-state index in [2.05, 4.69) is 27.6 Å². The molecule has 3 N–H and O–H groups in total. The molecule has 5 rings (SSSR count). The molecular weight excluding hydrogens is 383 g/mol. The van der Waals surface area contributed by atoms with E-state index in [4.69, 9.17) is 4.98 Å². The normalized spacial score (nSPS) is 17.6. The Kier molecular flexibility index (Phi) is 4.27. The van der Waals surface area contributed by atoms with Crippen LogP contribution in [0.4, 0.5) is 21.7 Å². The van der Waals surface area contributed by atoms with E-state index < -0.39 is 0 Å². The number of allylic oxidation sites excluding steroid dienone is 1. The number of hydrogen-bond acceptors (Lipinski definition) is 5. The van der Waals surface area contributed by atoms with Crippen LogP contribution in [0.25, 0.3) is 11.7 Å². The van der Waals surface area contributed by atoms with Crippen LogP contribution < -0.4 is 16.0 Å². The lowest BCUT2D eigenvalue weighted by molar-refractivity contribution is -0.118. The molecule has 2 aromatic heterocycles. The maximum Gasteiger partial charge on any atom is 0.228 e. The summed E-state index contributed by atoms with van der Waals surface area (Å²) in [6, 6.07) is 7.21. The molecule has 7 nitrogen and oxygen atoms in total. The standard InChI is InChI=1S/C22H21FN6O/c1-12-17(23)4-3-5-18(12)27-19-10-20(26-16-6-7-16)29-22(28-19)15(11-24-29)8-14-9-21(30)25-13(14)2/h3-5,8,10-11,16,26H,2,6-7,9H2,1H3,(H,25,30)(H,27,28)/b14-8+. The fourth-order valence-corrected chi connectivity index (χ4v) is 3.46. The minimum Gasteiger partial charge on any atom is -0.367 e. The SMILES string of the molecule is C=C1NC(=O)C/C1=C\c1cnn2c(NC3CC3)cc(Nc3cccc(F)c3C)nc12. The van der Waals surface area contributed by atoms with Gasteiger partial charge in [-0.05, 0) is 43.5 Å². The molecule has 1 aromatic carbocycles. The Bertz CT molecular complexity index is 1220. The van der Waals surface area contributed by atoms with E-state index in [1.807, 2.05) is 18.2 Å². The van der Waals surface area contributed by atoms with Gasteiger partial charge in [-0.15, -0.1) is 0 Å². The van der Waals surface area contributed by atoms with Crippen LogP contribution in [0.5, 0.6) is 0 Å². The zero-order valence-corrected chi connectivity index (χ0v) is 16.5. The molecule has 30 heavy (non-hydrogen) atoms. The third-order valence-corrected chi connectivity index (χ3v) is 5.32. The zero-order chi connectivity index (χ0) is 20.8. The minimum atomic E-state index is -0.274. The van der Waals surface area contributed by atoms with Crippen LogP contribution in [0.2, 0.25) is 0 Å². The van der Waals surface area contributed by atoms with E-state index in [0.29, 0.717) is 34.5 Å². The largest absolute Gasteiger partial charge is 0.367 e. The van der Waals surface area contributed by atoms with Crippen LogP contribution in [0.3, 0.4) is 0 Å². The number of fused-ring (bicyclic) bond motifs is 1. The molecule has 1 amide bonds. The lowest BCUT2D eigenvalue weighted by Crippen LogP contribution is -2.10. The number of benzene rings is 1. The summed E-state index contributed by atoms with van der Waals surface area (Å²) in [5.41, 5.74) is 4.01. The van der Waals surface area contributed by atoms with E-state index in [1.165, 1.54) is 6.07 Å². The van der Waals surface area contributed by atoms with Gasteiger partial charge in [-0.2, -0.15) is 9.61 Å². The van der Waals surface area contributed by atoms with E-state index in [0.717, 1.165) is 29.8 Å². The molecule has 1 saturated heterocycles. The number of halogens is 1. The summed E-state index contributed by atoms with van der Waals surface area (Å²) in [5, 5.41) is 13.9. The van der Waals surface area contributed by atoms with Gasteiger partial charge in [0.1, 0.15) is 17.5 Å². The van der Waals surface area contributed by atoms with Gasteiger partial charge in [-0.1, -0.05) is 12.6 Å². The van der Waals surface area contributed by atoms with Gasteiger partial charge in [-0.25, -0.2) is 9.37 Å². The summed E-state index contributed by atoms with van der Waals surface area (Å²) in [5.74, 6) is 1.04. The van der Waals surface area contributed by atoms with Crippen molar-refractivity contribution in [3.8, 4) is 0 Å². The molecule has 1 saturated carbocycles. The number of carbonyl (C=O) groups is 1. The number of amides is 1. The van der Waals surface area contributed by atoms with E-state index >= 15 is 0 Å². The molecule has 0 radical (unpaired) electrons. The fraction of sp³-hybridized carbons (Fsp3) is 0.227. The number of carbonyl (C=O) groups excluding carboxylic acids is 1. The van der Waals surface area contributed by atoms with Crippen LogP contribution in [0.1, 0.15) is 30.4 Å². The fourth-order valence-electron chi connectivity index (χ4n) is 3.46. The van der Waals surface area contributed by atoms with Gasteiger partial charge in [0.25, 0.3) is 0 Å². The first-order chi connectivity index (χ1) is 14.5. The summed E-state index contributed by atoms with van der Waals surface area (Å²) in [4.78, 5) is 16.4. The van der Waals surface area contributed by atoms with Gasteiger partial charge in [0.05, 0.1) is 12.6 Å². The van der Waals surface area contributed by atoms with Gasteiger partial charge >= 0.3 is 0 Å². The predicted molar refractivity (Wildman–Crippen MR) is 114 cm³/mol. The molecule has 0 bridgehead atoms. The molecule has 0 spiro atoms. The number of rotatable bonds is 5. The Morgan fingerprint density at radius 2 is 2.20 bits per heavy atom. The molecule has 3 aromatic rings. The van der Waals surface area contributed by atoms with Crippen molar-refractivity contribution < 1.29 is 9.18 Å². The molecule has 2 fully saturated rings. The summed E-state index contributed by atoms with van der Waals surface area (Å²) in [6.07, 6.45) is 6.11. The smallest absolute Gasteiger partial charge is 0.228 e. The van der Waals surface area contributed by atoms with Crippen LogP contribution in [0.15, 0.2) is 48.3 Å². The van der Waals surface area contributed by atoms with E-state index in [-0.39, 0.29) is 18.1 Å². The Balaban J connectivity index is 1.59. The van der Waals surface area contributed by atoms with Crippen LogP contribution in [0, 0.1) is 12.7 Å².